The van der Waals surface area contributed by atoms with Crippen molar-refractivity contribution in [2.75, 3.05) is 0 Å². The Morgan fingerprint density at radius 1 is 1.69 bits per heavy atom. The number of hydrogen-bond donors (Lipinski definition) is 1. The maximum absolute atomic E-state index is 10.9. The monoisotopic (exact) mass is 293 g/mol. The molecule has 0 aromatic heterocycles. The first kappa shape index (κ1) is 16.0. The maximum Gasteiger partial charge on any atom is 0.416 e. The van der Waals surface area contributed by atoms with Crippen LogP contribution in [0.25, 0.3) is 0 Å². The molecule has 0 bridgehead atoms. The molecule has 3 nitrogen and oxygen atoms in total. The number of fused-ring (bicyclic) bond motifs is 1. The topological polar surface area (TPSA) is 46.5 Å². The molecule has 1 heterocycles. The first-order valence-electron chi connectivity index (χ1n) is 4.51. The molecule has 0 fully saturated rings. The quantitative estimate of drug-likeness (QED) is 0.644. The zero-order valence-corrected chi connectivity index (χ0v) is 12.3. The molecule has 1 unspecified atom stereocenters. The van der Waals surface area contributed by atoms with Crippen molar-refractivity contribution in [3.05, 3.63) is 37.3 Å². The predicted molar refractivity (Wildman–Crippen MR) is 58.4 cm³/mol. The minimum Gasteiger partial charge on any atom is -0.434 e. The molecular weight excluding hydrogens is 280 g/mol. The number of Topliss-reactive ketones (excluding diaryl/α,β-unsaturated/α-hetero) is 1. The van der Waals surface area contributed by atoms with Crippen LogP contribution in [0.1, 0.15) is 25.0 Å². The molecule has 1 aromatic rings. The molecule has 1 radical (unpaired) electrons. The first-order chi connectivity index (χ1) is 6.68. The summed E-state index contributed by atoms with van der Waals surface area (Å²) in [4.78, 5) is 10.9. The van der Waals surface area contributed by atoms with Crippen LogP contribution in [-0.2, 0) is 42.2 Å². The van der Waals surface area contributed by atoms with Crippen LogP contribution >= 0.6 is 0 Å². The second-order valence-electron chi connectivity index (χ2n) is 3.44. The molecule has 0 saturated carbocycles. The molecule has 0 aliphatic carbocycles. The van der Waals surface area contributed by atoms with Crippen LogP contribution in [0.5, 0.6) is 0 Å². The molecule has 2 rings (SSSR count). The Morgan fingerprint density at radius 3 is 3.00 bits per heavy atom. The van der Waals surface area contributed by atoms with E-state index in [0.717, 1.165) is 11.0 Å². The average molecular weight is 293 g/mol. The largest absolute Gasteiger partial charge is 0.434 e. The van der Waals surface area contributed by atoms with E-state index in [1.54, 1.807) is 12.1 Å². The van der Waals surface area contributed by atoms with Crippen molar-refractivity contribution in [1.29, 1.82) is 0 Å². The first-order valence-corrected chi connectivity index (χ1v) is 4.51. The SMILES string of the molecule is CC(=O)CC1OB(O)c2c[c-]ccc21.[CH3-].[Y]. The Kier molecular flexibility index (Phi) is 6.64. The minimum atomic E-state index is -0.910. The van der Waals surface area contributed by atoms with Crippen LogP contribution in [0.3, 0.4) is 0 Å². The molecule has 1 N–H and O–H groups in total. The van der Waals surface area contributed by atoms with Crippen LogP contribution in [-0.4, -0.2) is 17.9 Å². The second-order valence-corrected chi connectivity index (χ2v) is 3.44. The second kappa shape index (κ2) is 6.65. The average Bonchev–Trinajstić information content (AvgIpc) is 2.44. The van der Waals surface area contributed by atoms with E-state index in [0.29, 0.717) is 6.42 Å². The van der Waals surface area contributed by atoms with Crippen LogP contribution in [0.15, 0.2) is 18.2 Å². The fourth-order valence-electron chi connectivity index (χ4n) is 1.68. The van der Waals surface area contributed by atoms with E-state index in [2.05, 4.69) is 6.07 Å². The van der Waals surface area contributed by atoms with Gasteiger partial charge >= 0.3 is 7.12 Å². The van der Waals surface area contributed by atoms with Crippen molar-refractivity contribution >= 4 is 18.4 Å². The van der Waals surface area contributed by atoms with Gasteiger partial charge in [0, 0.05) is 39.1 Å². The Bertz CT molecular complexity index is 370. The summed E-state index contributed by atoms with van der Waals surface area (Å²) >= 11 is 0. The molecular formula is C11H13BO3Y-2. The fourth-order valence-corrected chi connectivity index (χ4v) is 1.68. The van der Waals surface area contributed by atoms with Gasteiger partial charge in [-0.05, 0) is 6.92 Å². The number of ketones is 1. The van der Waals surface area contributed by atoms with Gasteiger partial charge in [0.15, 0.2) is 0 Å². The van der Waals surface area contributed by atoms with Gasteiger partial charge in [-0.3, -0.25) is 4.79 Å². The summed E-state index contributed by atoms with van der Waals surface area (Å²) in [5, 5.41) is 9.51. The molecule has 0 spiro atoms. The molecule has 1 aromatic carbocycles. The summed E-state index contributed by atoms with van der Waals surface area (Å²) in [6, 6.07) is 8.16. The molecule has 0 saturated heterocycles. The Balaban J connectivity index is 0.00000112. The standard InChI is InChI=1S/C10H10BO3.CH3.Y/c1-7(12)6-10-8-4-2-3-5-9(8)11(13)14-10;;/h2,4-5,10,13H,6H2,1H3;1H3;/q2*-1;. The predicted octanol–water partition coefficient (Wildman–Crippen LogP) is 0.672. The zero-order valence-electron chi connectivity index (χ0n) is 9.43. The van der Waals surface area contributed by atoms with Crippen molar-refractivity contribution in [3.63, 3.8) is 0 Å². The molecule has 1 aliphatic heterocycles. The summed E-state index contributed by atoms with van der Waals surface area (Å²) in [6.07, 6.45) is 0.0146. The molecule has 16 heavy (non-hydrogen) atoms. The van der Waals surface area contributed by atoms with Crippen LogP contribution < -0.4 is 5.46 Å². The fraction of sp³-hybridized carbons (Fsp3) is 0.273. The maximum atomic E-state index is 10.9. The van der Waals surface area contributed by atoms with Gasteiger partial charge in [-0.2, -0.15) is 24.3 Å². The van der Waals surface area contributed by atoms with Gasteiger partial charge < -0.3 is 17.1 Å². The van der Waals surface area contributed by atoms with Gasteiger partial charge in [0.05, 0.1) is 6.10 Å². The van der Waals surface area contributed by atoms with Gasteiger partial charge in [-0.25, -0.2) is 0 Å². The molecule has 1 aliphatic rings. The van der Waals surface area contributed by atoms with Crippen molar-refractivity contribution in [2.45, 2.75) is 19.4 Å². The van der Waals surface area contributed by atoms with Gasteiger partial charge in [0.25, 0.3) is 0 Å². The Morgan fingerprint density at radius 2 is 2.38 bits per heavy atom. The third-order valence-corrected chi connectivity index (χ3v) is 2.31. The van der Waals surface area contributed by atoms with Gasteiger partial charge in [-0.15, -0.1) is 11.0 Å². The van der Waals surface area contributed by atoms with E-state index in [-0.39, 0.29) is 52.0 Å². The normalized spacial score (nSPS) is 17.1. The number of rotatable bonds is 2. The van der Waals surface area contributed by atoms with Crippen LogP contribution in [0.2, 0.25) is 0 Å². The zero-order chi connectivity index (χ0) is 10.1. The van der Waals surface area contributed by atoms with E-state index < -0.39 is 7.12 Å². The summed E-state index contributed by atoms with van der Waals surface area (Å²) in [5.74, 6) is 0.0582. The summed E-state index contributed by atoms with van der Waals surface area (Å²) in [5.41, 5.74) is 1.62. The summed E-state index contributed by atoms with van der Waals surface area (Å²) in [7, 11) is -0.910. The Labute approximate surface area is 122 Å². The van der Waals surface area contributed by atoms with Gasteiger partial charge in [0.1, 0.15) is 5.78 Å². The molecule has 5 heteroatoms. The van der Waals surface area contributed by atoms with Crippen molar-refractivity contribution in [3.8, 4) is 0 Å². The van der Waals surface area contributed by atoms with E-state index in [9.17, 15) is 9.82 Å². The molecule has 83 valence electrons. The summed E-state index contributed by atoms with van der Waals surface area (Å²) in [6.45, 7) is 1.52. The molecule has 1 atom stereocenters. The van der Waals surface area contributed by atoms with Gasteiger partial charge in [-0.1, -0.05) is 0 Å². The summed E-state index contributed by atoms with van der Waals surface area (Å²) < 4.78 is 5.26. The van der Waals surface area contributed by atoms with E-state index in [4.69, 9.17) is 4.65 Å². The van der Waals surface area contributed by atoms with Crippen molar-refractivity contribution in [2.24, 2.45) is 0 Å². The van der Waals surface area contributed by atoms with E-state index in [1.807, 2.05) is 6.07 Å². The van der Waals surface area contributed by atoms with Crippen LogP contribution in [0.4, 0.5) is 0 Å². The smallest absolute Gasteiger partial charge is 0.416 e. The number of benzene rings is 1. The van der Waals surface area contributed by atoms with Crippen LogP contribution in [0, 0.1) is 13.5 Å². The number of carbonyl (C=O) groups is 1. The Hall–Kier alpha value is -0.0212. The minimum absolute atomic E-state index is 0. The molecule has 0 amide bonds. The van der Waals surface area contributed by atoms with Crippen molar-refractivity contribution in [1.82, 2.24) is 0 Å². The van der Waals surface area contributed by atoms with E-state index >= 15 is 0 Å². The third kappa shape index (κ3) is 3.24. The van der Waals surface area contributed by atoms with E-state index in [1.165, 1.54) is 6.92 Å². The number of hydrogen-bond acceptors (Lipinski definition) is 3. The van der Waals surface area contributed by atoms with Crippen molar-refractivity contribution < 1.29 is 47.2 Å². The third-order valence-electron chi connectivity index (χ3n) is 2.31. The van der Waals surface area contributed by atoms with Gasteiger partial charge in [0.2, 0.25) is 0 Å². The number of carbonyl (C=O) groups excluding carboxylic acids is 1.